The Morgan fingerprint density at radius 3 is 2.13 bits per heavy atom. The number of pyridine rings is 1. The number of nitrogens with one attached hydrogen (secondary N) is 2. The molecule has 45 heavy (non-hydrogen) atoms. The standard InChI is InChI=1S/C31H33F6N3O5/c1-5-6-20-15-22(29(43,30(32,33)34)31(35,36)37)9-12-26(20)45-25-13-14-38-23(16-25)17-39-27(42)28(4,40-18-41)21-7-10-24(11-8-21)44-19(2)3/h7-16,18-19,43H,5-6,17H2,1-4H3,(H,39,42)(H,40,41). The van der Waals surface area contributed by atoms with Gasteiger partial charge in [0.05, 0.1) is 18.3 Å². The van der Waals surface area contributed by atoms with Crippen molar-refractivity contribution in [2.24, 2.45) is 0 Å². The number of rotatable bonds is 13. The van der Waals surface area contributed by atoms with E-state index < -0.39 is 35.0 Å². The summed E-state index contributed by atoms with van der Waals surface area (Å²) >= 11 is 0. The van der Waals surface area contributed by atoms with Crippen molar-refractivity contribution in [2.45, 2.75) is 76.7 Å². The molecule has 1 heterocycles. The van der Waals surface area contributed by atoms with Gasteiger partial charge in [0.2, 0.25) is 12.3 Å². The predicted molar refractivity (Wildman–Crippen MR) is 151 cm³/mol. The minimum absolute atomic E-state index is 0.00843. The molecule has 1 aromatic heterocycles. The van der Waals surface area contributed by atoms with Crippen LogP contribution in [0.4, 0.5) is 26.3 Å². The Balaban J connectivity index is 1.82. The van der Waals surface area contributed by atoms with E-state index in [1.807, 2.05) is 13.8 Å². The Morgan fingerprint density at radius 2 is 1.58 bits per heavy atom. The van der Waals surface area contributed by atoms with Gasteiger partial charge in [-0.2, -0.15) is 26.3 Å². The lowest BCUT2D eigenvalue weighted by Crippen LogP contribution is -2.53. The maximum atomic E-state index is 13.4. The number of alkyl halides is 6. The van der Waals surface area contributed by atoms with Gasteiger partial charge in [-0.1, -0.05) is 31.5 Å². The molecule has 0 aliphatic carbocycles. The third kappa shape index (κ3) is 7.85. The van der Waals surface area contributed by atoms with Gasteiger partial charge >= 0.3 is 12.4 Å². The first kappa shape index (κ1) is 35.2. The molecule has 0 saturated carbocycles. The monoisotopic (exact) mass is 641 g/mol. The van der Waals surface area contributed by atoms with Crippen molar-refractivity contribution in [1.29, 1.82) is 0 Å². The van der Waals surface area contributed by atoms with E-state index in [4.69, 9.17) is 9.47 Å². The highest BCUT2D eigenvalue weighted by Crippen LogP contribution is 2.50. The normalized spacial score (nSPS) is 13.6. The van der Waals surface area contributed by atoms with Crippen molar-refractivity contribution in [2.75, 3.05) is 0 Å². The van der Waals surface area contributed by atoms with Gasteiger partial charge in [0.25, 0.3) is 5.60 Å². The number of hydrogen-bond acceptors (Lipinski definition) is 6. The van der Waals surface area contributed by atoms with Crippen LogP contribution in [0.2, 0.25) is 0 Å². The van der Waals surface area contributed by atoms with E-state index in [2.05, 4.69) is 15.6 Å². The molecule has 0 bridgehead atoms. The molecular weight excluding hydrogens is 608 g/mol. The second-order valence-electron chi connectivity index (χ2n) is 10.6. The molecule has 1 unspecified atom stereocenters. The molecule has 0 saturated heterocycles. The average Bonchev–Trinajstić information content (AvgIpc) is 2.95. The van der Waals surface area contributed by atoms with Crippen molar-refractivity contribution in [3.63, 3.8) is 0 Å². The highest BCUT2D eigenvalue weighted by Gasteiger charge is 2.71. The summed E-state index contributed by atoms with van der Waals surface area (Å²) in [5.74, 6) is 0.122. The highest BCUT2D eigenvalue weighted by atomic mass is 19.4. The number of aromatic nitrogens is 1. The predicted octanol–water partition coefficient (Wildman–Crippen LogP) is 6.20. The third-order valence-electron chi connectivity index (χ3n) is 6.87. The van der Waals surface area contributed by atoms with Gasteiger partial charge in [0, 0.05) is 17.8 Å². The molecule has 244 valence electrons. The molecule has 3 rings (SSSR count). The van der Waals surface area contributed by atoms with Crippen LogP contribution in [0.5, 0.6) is 17.2 Å². The maximum absolute atomic E-state index is 13.4. The van der Waals surface area contributed by atoms with Crippen molar-refractivity contribution in [3.8, 4) is 17.2 Å². The fourth-order valence-corrected chi connectivity index (χ4v) is 4.48. The smallest absolute Gasteiger partial charge is 0.430 e. The van der Waals surface area contributed by atoms with Crippen LogP contribution in [0.3, 0.4) is 0 Å². The van der Waals surface area contributed by atoms with Gasteiger partial charge in [0.15, 0.2) is 0 Å². The summed E-state index contributed by atoms with van der Waals surface area (Å²) in [7, 11) is 0. The summed E-state index contributed by atoms with van der Waals surface area (Å²) in [5, 5.41) is 15.0. The van der Waals surface area contributed by atoms with Crippen LogP contribution in [0.25, 0.3) is 0 Å². The molecular formula is C31H33F6N3O5. The van der Waals surface area contributed by atoms with Crippen LogP contribution >= 0.6 is 0 Å². The van der Waals surface area contributed by atoms with Crippen LogP contribution in [0.1, 0.15) is 56.5 Å². The molecule has 0 fully saturated rings. The van der Waals surface area contributed by atoms with E-state index in [0.717, 1.165) is 6.07 Å². The van der Waals surface area contributed by atoms with E-state index in [1.165, 1.54) is 25.3 Å². The van der Waals surface area contributed by atoms with E-state index >= 15 is 0 Å². The summed E-state index contributed by atoms with van der Waals surface area (Å²) in [4.78, 5) is 28.8. The lowest BCUT2D eigenvalue weighted by Gasteiger charge is -2.33. The number of benzene rings is 2. The number of carbonyl (C=O) groups is 2. The molecule has 2 aromatic carbocycles. The Labute approximate surface area is 255 Å². The Kier molecular flexibility index (Phi) is 10.7. The number of nitrogens with zero attached hydrogens (tertiary/aromatic N) is 1. The highest BCUT2D eigenvalue weighted by molar-refractivity contribution is 5.89. The van der Waals surface area contributed by atoms with Crippen LogP contribution in [-0.4, -0.2) is 40.9 Å². The van der Waals surface area contributed by atoms with Crippen LogP contribution in [-0.2, 0) is 33.7 Å². The fraction of sp³-hybridized carbons (Fsp3) is 0.387. The van der Waals surface area contributed by atoms with Gasteiger partial charge in [-0.15, -0.1) is 0 Å². The largest absolute Gasteiger partial charge is 0.491 e. The first-order valence-corrected chi connectivity index (χ1v) is 13.8. The second kappa shape index (κ2) is 13.8. The Hall–Kier alpha value is -4.33. The zero-order chi connectivity index (χ0) is 33.6. The Morgan fingerprint density at radius 1 is 0.956 bits per heavy atom. The number of aliphatic hydroxyl groups is 1. The van der Waals surface area contributed by atoms with Crippen molar-refractivity contribution in [3.05, 3.63) is 83.2 Å². The molecule has 0 aliphatic heterocycles. The molecule has 2 amide bonds. The number of aryl methyl sites for hydroxylation is 1. The summed E-state index contributed by atoms with van der Waals surface area (Å²) in [6.07, 6.45) is -9.97. The van der Waals surface area contributed by atoms with Gasteiger partial charge in [-0.3, -0.25) is 14.6 Å². The van der Waals surface area contributed by atoms with Gasteiger partial charge in [-0.25, -0.2) is 0 Å². The quantitative estimate of drug-likeness (QED) is 0.151. The molecule has 0 aliphatic rings. The minimum Gasteiger partial charge on any atom is -0.491 e. The van der Waals surface area contributed by atoms with Crippen LogP contribution < -0.4 is 20.1 Å². The zero-order valence-electron chi connectivity index (χ0n) is 24.8. The van der Waals surface area contributed by atoms with E-state index in [1.54, 1.807) is 31.2 Å². The van der Waals surface area contributed by atoms with E-state index in [-0.39, 0.29) is 36.1 Å². The number of amides is 2. The van der Waals surface area contributed by atoms with Crippen LogP contribution in [0, 0.1) is 0 Å². The lowest BCUT2D eigenvalue weighted by molar-refractivity contribution is -0.376. The first-order chi connectivity index (χ1) is 21.0. The third-order valence-corrected chi connectivity index (χ3v) is 6.87. The number of ether oxygens (including phenoxy) is 2. The SMILES string of the molecule is CCCc1cc(C(O)(C(F)(F)F)C(F)(F)F)ccc1Oc1ccnc(CNC(=O)C(C)(NC=O)c2ccc(OC(C)C)cc2)c1. The van der Waals surface area contributed by atoms with Gasteiger partial charge in [0.1, 0.15) is 22.8 Å². The molecule has 3 aromatic rings. The second-order valence-corrected chi connectivity index (χ2v) is 10.6. The summed E-state index contributed by atoms with van der Waals surface area (Å²) in [6, 6.07) is 11.5. The number of halogens is 6. The average molecular weight is 642 g/mol. The van der Waals surface area contributed by atoms with Gasteiger partial charge < -0.3 is 25.2 Å². The first-order valence-electron chi connectivity index (χ1n) is 13.8. The number of carbonyl (C=O) groups excluding carboxylic acids is 2. The van der Waals surface area contributed by atoms with Crippen LogP contribution in [0.15, 0.2) is 60.8 Å². The van der Waals surface area contributed by atoms with Gasteiger partial charge in [-0.05, 0) is 68.7 Å². The lowest BCUT2D eigenvalue weighted by atomic mass is 9.90. The van der Waals surface area contributed by atoms with E-state index in [0.29, 0.717) is 42.0 Å². The minimum atomic E-state index is -6.02. The fourth-order valence-electron chi connectivity index (χ4n) is 4.48. The molecule has 3 N–H and O–H groups in total. The summed E-state index contributed by atoms with van der Waals surface area (Å²) < 4.78 is 92.0. The molecule has 0 spiro atoms. The topological polar surface area (TPSA) is 110 Å². The molecule has 8 nitrogen and oxygen atoms in total. The maximum Gasteiger partial charge on any atom is 0.430 e. The Bertz CT molecular complexity index is 1460. The number of hydrogen-bond donors (Lipinski definition) is 3. The molecule has 0 radical (unpaired) electrons. The summed E-state index contributed by atoms with van der Waals surface area (Å²) in [6.45, 7) is 6.79. The van der Waals surface area contributed by atoms with Crippen molar-refractivity contribution >= 4 is 12.3 Å². The summed E-state index contributed by atoms with van der Waals surface area (Å²) in [5.41, 5.74) is -7.13. The molecule has 1 atom stereocenters. The van der Waals surface area contributed by atoms with Crippen molar-refractivity contribution in [1.82, 2.24) is 15.6 Å². The van der Waals surface area contributed by atoms with E-state index in [9.17, 15) is 41.0 Å². The zero-order valence-corrected chi connectivity index (χ0v) is 24.8. The molecule has 14 heteroatoms. The van der Waals surface area contributed by atoms with Crippen molar-refractivity contribution < 1.29 is 50.5 Å².